The molecule has 6 nitrogen and oxygen atoms in total. The zero-order valence-electron chi connectivity index (χ0n) is 16.4. The molecule has 0 aromatic heterocycles. The minimum atomic E-state index is -0.531. The van der Waals surface area contributed by atoms with Crippen LogP contribution < -0.4 is 10.1 Å². The molecule has 146 valence electrons. The molecular formula is C21H23N3O3S. The van der Waals surface area contributed by atoms with Crippen LogP contribution in [0.1, 0.15) is 17.5 Å². The van der Waals surface area contributed by atoms with Crippen LogP contribution in [0.3, 0.4) is 0 Å². The van der Waals surface area contributed by atoms with Gasteiger partial charge in [0.25, 0.3) is 0 Å². The first kappa shape index (κ1) is 19.9. The van der Waals surface area contributed by atoms with Crippen molar-refractivity contribution in [3.63, 3.8) is 0 Å². The fraction of sp³-hybridized carbons (Fsp3) is 0.286. The summed E-state index contributed by atoms with van der Waals surface area (Å²) >= 11 is 1.30. The number of nitrogens with zero attached hydrogens (tertiary/aromatic N) is 2. The Morgan fingerprint density at radius 1 is 1.18 bits per heavy atom. The van der Waals surface area contributed by atoms with Gasteiger partial charge in [0.1, 0.15) is 11.0 Å². The van der Waals surface area contributed by atoms with Crippen molar-refractivity contribution in [2.24, 2.45) is 4.99 Å². The third kappa shape index (κ3) is 4.54. The van der Waals surface area contributed by atoms with Crippen molar-refractivity contribution in [3.05, 3.63) is 53.6 Å². The Labute approximate surface area is 169 Å². The highest BCUT2D eigenvalue weighted by Gasteiger charge is 2.34. The van der Waals surface area contributed by atoms with Gasteiger partial charge >= 0.3 is 0 Å². The first-order valence-electron chi connectivity index (χ1n) is 8.91. The summed E-state index contributed by atoms with van der Waals surface area (Å²) in [6.07, 6.45) is 0.134. The fourth-order valence-electron chi connectivity index (χ4n) is 2.70. The van der Waals surface area contributed by atoms with Crippen molar-refractivity contribution in [2.45, 2.75) is 25.5 Å². The van der Waals surface area contributed by atoms with Crippen molar-refractivity contribution < 1.29 is 14.3 Å². The standard InChI is InChI=1S/C21H23N3O3S/c1-13-5-6-16(11-14(13)2)23-21-24(3)19(25)12-18(28-21)20(26)22-15-7-9-17(27-4)10-8-15/h5-11,18H,12H2,1-4H3,(H,22,26). The number of hydrogen-bond acceptors (Lipinski definition) is 5. The molecule has 1 aliphatic heterocycles. The zero-order chi connectivity index (χ0) is 20.3. The Hall–Kier alpha value is -2.80. The number of nitrogens with one attached hydrogen (secondary N) is 1. The maximum atomic E-state index is 12.7. The van der Waals surface area contributed by atoms with Gasteiger partial charge in [0.15, 0.2) is 5.17 Å². The van der Waals surface area contributed by atoms with E-state index in [0.29, 0.717) is 16.6 Å². The largest absolute Gasteiger partial charge is 0.497 e. The number of aryl methyl sites for hydroxylation is 2. The van der Waals surface area contributed by atoms with E-state index in [9.17, 15) is 9.59 Å². The lowest BCUT2D eigenvalue weighted by Gasteiger charge is -2.28. The third-order valence-electron chi connectivity index (χ3n) is 4.63. The molecule has 0 aliphatic carbocycles. The van der Waals surface area contributed by atoms with Gasteiger partial charge in [0.05, 0.1) is 12.8 Å². The first-order valence-corrected chi connectivity index (χ1v) is 9.79. The van der Waals surface area contributed by atoms with Crippen LogP contribution >= 0.6 is 11.8 Å². The topological polar surface area (TPSA) is 71.0 Å². The number of carbonyl (C=O) groups is 2. The molecular weight excluding hydrogens is 374 g/mol. The van der Waals surface area contributed by atoms with E-state index in [4.69, 9.17) is 4.74 Å². The molecule has 1 N–H and O–H groups in total. The molecule has 1 aliphatic rings. The van der Waals surface area contributed by atoms with E-state index >= 15 is 0 Å². The average molecular weight is 398 g/mol. The van der Waals surface area contributed by atoms with Gasteiger partial charge in [-0.15, -0.1) is 0 Å². The number of amides is 2. The van der Waals surface area contributed by atoms with Gasteiger partial charge in [0, 0.05) is 19.2 Å². The van der Waals surface area contributed by atoms with E-state index in [1.165, 1.54) is 22.2 Å². The van der Waals surface area contributed by atoms with Crippen molar-refractivity contribution in [1.82, 2.24) is 4.90 Å². The molecule has 2 aromatic carbocycles. The molecule has 0 saturated carbocycles. The number of aliphatic imine (C=N–C) groups is 1. The Morgan fingerprint density at radius 3 is 2.54 bits per heavy atom. The smallest absolute Gasteiger partial charge is 0.238 e. The summed E-state index contributed by atoms with van der Waals surface area (Å²) in [5, 5.41) is 2.85. The van der Waals surface area contributed by atoms with Crippen LogP contribution in [0.15, 0.2) is 47.5 Å². The summed E-state index contributed by atoms with van der Waals surface area (Å²) in [4.78, 5) is 31.2. The second-order valence-corrected chi connectivity index (χ2v) is 7.81. The highest BCUT2D eigenvalue weighted by molar-refractivity contribution is 8.15. The number of rotatable bonds is 4. The molecule has 0 spiro atoms. The Morgan fingerprint density at radius 2 is 1.89 bits per heavy atom. The minimum Gasteiger partial charge on any atom is -0.497 e. The van der Waals surface area contributed by atoms with Crippen molar-refractivity contribution in [2.75, 3.05) is 19.5 Å². The number of thioether (sulfide) groups is 1. The lowest BCUT2D eigenvalue weighted by molar-refractivity contribution is -0.128. The van der Waals surface area contributed by atoms with Crippen LogP contribution in [-0.4, -0.2) is 41.3 Å². The van der Waals surface area contributed by atoms with Gasteiger partial charge in [-0.25, -0.2) is 4.99 Å². The van der Waals surface area contributed by atoms with Crippen LogP contribution in [0.2, 0.25) is 0 Å². The van der Waals surface area contributed by atoms with E-state index in [1.807, 2.05) is 32.0 Å². The molecule has 0 bridgehead atoms. The quantitative estimate of drug-likeness (QED) is 0.849. The maximum Gasteiger partial charge on any atom is 0.238 e. The van der Waals surface area contributed by atoms with E-state index in [2.05, 4.69) is 10.3 Å². The molecule has 3 rings (SSSR count). The van der Waals surface area contributed by atoms with Gasteiger partial charge in [0.2, 0.25) is 11.8 Å². The number of methoxy groups -OCH3 is 1. The molecule has 0 radical (unpaired) electrons. The summed E-state index contributed by atoms with van der Waals surface area (Å²) in [6.45, 7) is 4.06. The molecule has 1 fully saturated rings. The van der Waals surface area contributed by atoms with Gasteiger partial charge in [-0.1, -0.05) is 17.8 Å². The summed E-state index contributed by atoms with van der Waals surface area (Å²) in [7, 11) is 3.28. The van der Waals surface area contributed by atoms with E-state index in [-0.39, 0.29) is 18.2 Å². The predicted octanol–water partition coefficient (Wildman–Crippen LogP) is 3.90. The molecule has 7 heteroatoms. The van der Waals surface area contributed by atoms with Gasteiger partial charge in [-0.3, -0.25) is 14.5 Å². The summed E-state index contributed by atoms with van der Waals surface area (Å²) < 4.78 is 5.12. The normalized spacial score (nSPS) is 18.3. The molecule has 2 aromatic rings. The summed E-state index contributed by atoms with van der Waals surface area (Å²) in [6, 6.07) is 13.0. The van der Waals surface area contributed by atoms with Crippen molar-refractivity contribution in [3.8, 4) is 5.75 Å². The van der Waals surface area contributed by atoms with Gasteiger partial charge < -0.3 is 10.1 Å². The van der Waals surface area contributed by atoms with Crippen LogP contribution in [0.4, 0.5) is 11.4 Å². The van der Waals surface area contributed by atoms with Crippen LogP contribution in [0.5, 0.6) is 5.75 Å². The van der Waals surface area contributed by atoms with Gasteiger partial charge in [-0.05, 0) is 61.4 Å². The fourth-order valence-corrected chi connectivity index (χ4v) is 3.76. The minimum absolute atomic E-state index is 0.129. The second kappa shape index (κ2) is 8.48. The SMILES string of the molecule is COc1ccc(NC(=O)C2CC(=O)N(C)C(=Nc3ccc(C)c(C)c3)S2)cc1. The highest BCUT2D eigenvalue weighted by Crippen LogP contribution is 2.29. The van der Waals surface area contributed by atoms with Crippen LogP contribution in [0, 0.1) is 13.8 Å². The summed E-state index contributed by atoms with van der Waals surface area (Å²) in [5.41, 5.74) is 3.73. The molecule has 1 saturated heterocycles. The number of amidine groups is 1. The second-order valence-electron chi connectivity index (χ2n) is 6.64. The first-order chi connectivity index (χ1) is 13.4. The van der Waals surface area contributed by atoms with E-state index in [0.717, 1.165) is 11.3 Å². The molecule has 1 unspecified atom stereocenters. The molecule has 1 heterocycles. The number of carbonyl (C=O) groups excluding carboxylic acids is 2. The lowest BCUT2D eigenvalue weighted by atomic mass is 10.1. The zero-order valence-corrected chi connectivity index (χ0v) is 17.2. The van der Waals surface area contributed by atoms with Crippen molar-refractivity contribution >= 4 is 40.1 Å². The predicted molar refractivity (Wildman–Crippen MR) is 113 cm³/mol. The number of benzene rings is 2. The summed E-state index contributed by atoms with van der Waals surface area (Å²) in [5.74, 6) is 0.366. The molecule has 28 heavy (non-hydrogen) atoms. The Balaban J connectivity index is 1.76. The van der Waals surface area contributed by atoms with Gasteiger partial charge in [-0.2, -0.15) is 0 Å². The Bertz CT molecular complexity index is 925. The monoisotopic (exact) mass is 397 g/mol. The average Bonchev–Trinajstić information content (AvgIpc) is 2.68. The number of hydrogen-bond donors (Lipinski definition) is 1. The molecule has 1 atom stereocenters. The lowest BCUT2D eigenvalue weighted by Crippen LogP contribution is -2.43. The maximum absolute atomic E-state index is 12.7. The highest BCUT2D eigenvalue weighted by atomic mass is 32.2. The number of anilines is 1. The van der Waals surface area contributed by atoms with Crippen LogP contribution in [-0.2, 0) is 9.59 Å². The van der Waals surface area contributed by atoms with E-state index < -0.39 is 5.25 Å². The van der Waals surface area contributed by atoms with Crippen molar-refractivity contribution in [1.29, 1.82) is 0 Å². The Kier molecular flexibility index (Phi) is 6.04. The van der Waals surface area contributed by atoms with Crippen LogP contribution in [0.25, 0.3) is 0 Å². The number of ether oxygens (including phenoxy) is 1. The third-order valence-corrected chi connectivity index (χ3v) is 5.88. The van der Waals surface area contributed by atoms with E-state index in [1.54, 1.807) is 38.4 Å². The molecule has 2 amide bonds.